The van der Waals surface area contributed by atoms with Crippen molar-refractivity contribution in [1.29, 1.82) is 0 Å². The third kappa shape index (κ3) is 2.39. The molecule has 2 aliphatic carbocycles. The van der Waals surface area contributed by atoms with Gasteiger partial charge in [0.2, 0.25) is 0 Å². The average Bonchev–Trinajstić information content (AvgIpc) is 2.19. The Morgan fingerprint density at radius 2 is 1.75 bits per heavy atom. The summed E-state index contributed by atoms with van der Waals surface area (Å²) in [6.45, 7) is 4.05. The molecule has 16 heavy (non-hydrogen) atoms. The van der Waals surface area contributed by atoms with E-state index in [1.54, 1.807) is 18.1 Å². The van der Waals surface area contributed by atoms with Gasteiger partial charge < -0.3 is 0 Å². The van der Waals surface area contributed by atoms with Crippen LogP contribution < -0.4 is 0 Å². The lowest BCUT2D eigenvalue weighted by atomic mass is 9.71. The van der Waals surface area contributed by atoms with Crippen molar-refractivity contribution >= 4 is 5.78 Å². The van der Waals surface area contributed by atoms with Crippen molar-refractivity contribution in [3.05, 3.63) is 11.1 Å². The minimum atomic E-state index is 0.318. The Kier molecular flexibility index (Phi) is 3.83. The molecule has 0 aromatic rings. The van der Waals surface area contributed by atoms with Gasteiger partial charge in [0.25, 0.3) is 0 Å². The van der Waals surface area contributed by atoms with Gasteiger partial charge in [0.05, 0.1) is 0 Å². The Morgan fingerprint density at radius 1 is 1.06 bits per heavy atom. The number of Topliss-reactive ketones (excluding diaryl/α,β-unsaturated/α-hetero) is 1. The highest BCUT2D eigenvalue weighted by Gasteiger charge is 2.30. The molecule has 0 spiro atoms. The summed E-state index contributed by atoms with van der Waals surface area (Å²) < 4.78 is 0. The van der Waals surface area contributed by atoms with Crippen LogP contribution in [0.3, 0.4) is 0 Å². The van der Waals surface area contributed by atoms with Gasteiger partial charge in [-0.1, -0.05) is 30.9 Å². The second-order valence-corrected chi connectivity index (χ2v) is 5.59. The first-order chi connectivity index (χ1) is 7.70. The first-order valence-electron chi connectivity index (χ1n) is 6.91. The zero-order chi connectivity index (χ0) is 11.5. The van der Waals surface area contributed by atoms with E-state index in [9.17, 15) is 4.79 Å². The van der Waals surface area contributed by atoms with E-state index in [4.69, 9.17) is 0 Å². The number of allylic oxidation sites excluding steroid dienone is 2. The van der Waals surface area contributed by atoms with Gasteiger partial charge in [-0.15, -0.1) is 0 Å². The highest BCUT2D eigenvalue weighted by Crippen LogP contribution is 2.40. The molecule has 2 rings (SSSR count). The van der Waals surface area contributed by atoms with Crippen LogP contribution >= 0.6 is 0 Å². The van der Waals surface area contributed by atoms with Crippen LogP contribution in [0.15, 0.2) is 11.1 Å². The highest BCUT2D eigenvalue weighted by atomic mass is 16.1. The van der Waals surface area contributed by atoms with Crippen molar-refractivity contribution in [2.24, 2.45) is 11.8 Å². The van der Waals surface area contributed by atoms with E-state index >= 15 is 0 Å². The molecule has 2 aliphatic rings. The minimum Gasteiger partial charge on any atom is -0.300 e. The van der Waals surface area contributed by atoms with E-state index in [0.717, 1.165) is 6.42 Å². The van der Waals surface area contributed by atoms with E-state index < -0.39 is 0 Å². The Labute approximate surface area is 99.3 Å². The van der Waals surface area contributed by atoms with Gasteiger partial charge >= 0.3 is 0 Å². The molecule has 0 N–H and O–H groups in total. The van der Waals surface area contributed by atoms with Crippen molar-refractivity contribution in [1.82, 2.24) is 0 Å². The smallest absolute Gasteiger partial charge is 0.133 e. The van der Waals surface area contributed by atoms with Crippen LogP contribution in [0.4, 0.5) is 0 Å². The van der Waals surface area contributed by atoms with E-state index in [2.05, 4.69) is 6.92 Å². The molecular formula is C15H24O. The lowest BCUT2D eigenvalue weighted by molar-refractivity contribution is -0.122. The largest absolute Gasteiger partial charge is 0.300 e. The second-order valence-electron chi connectivity index (χ2n) is 5.59. The van der Waals surface area contributed by atoms with Gasteiger partial charge in [-0.25, -0.2) is 0 Å². The Bertz CT molecular complexity index is 301. The van der Waals surface area contributed by atoms with Crippen LogP contribution in [0.5, 0.6) is 0 Å². The number of hydrogen-bond acceptors (Lipinski definition) is 1. The number of hydrogen-bond donors (Lipinski definition) is 0. The average molecular weight is 220 g/mol. The molecule has 0 saturated carbocycles. The lowest BCUT2D eigenvalue weighted by Crippen LogP contribution is -2.26. The molecule has 0 fully saturated rings. The maximum atomic E-state index is 11.6. The van der Waals surface area contributed by atoms with E-state index in [-0.39, 0.29) is 0 Å². The van der Waals surface area contributed by atoms with Crippen molar-refractivity contribution in [3.8, 4) is 0 Å². The predicted molar refractivity (Wildman–Crippen MR) is 67.3 cm³/mol. The minimum absolute atomic E-state index is 0.318. The number of ketones is 1. The number of carbonyl (C=O) groups excluding carboxylic acids is 1. The quantitative estimate of drug-likeness (QED) is 0.603. The molecule has 0 bridgehead atoms. The predicted octanol–water partition coefficient (Wildman–Crippen LogP) is 4.27. The van der Waals surface area contributed by atoms with Gasteiger partial charge in [-0.3, -0.25) is 4.79 Å². The lowest BCUT2D eigenvalue weighted by Gasteiger charge is -2.33. The zero-order valence-corrected chi connectivity index (χ0v) is 10.7. The summed E-state index contributed by atoms with van der Waals surface area (Å²) in [5.74, 6) is 1.25. The van der Waals surface area contributed by atoms with Gasteiger partial charge in [-0.2, -0.15) is 0 Å². The Morgan fingerprint density at radius 3 is 2.44 bits per heavy atom. The molecule has 0 aromatic carbocycles. The topological polar surface area (TPSA) is 17.1 Å². The molecule has 0 aliphatic heterocycles. The van der Waals surface area contributed by atoms with Crippen LogP contribution in [0.1, 0.15) is 65.2 Å². The maximum Gasteiger partial charge on any atom is 0.133 e. The van der Waals surface area contributed by atoms with Crippen molar-refractivity contribution in [2.75, 3.05) is 0 Å². The molecule has 0 saturated heterocycles. The van der Waals surface area contributed by atoms with Crippen LogP contribution in [-0.4, -0.2) is 5.78 Å². The fourth-order valence-electron chi connectivity index (χ4n) is 3.56. The molecule has 90 valence electrons. The summed E-state index contributed by atoms with van der Waals surface area (Å²) in [5.41, 5.74) is 3.37. The zero-order valence-electron chi connectivity index (χ0n) is 10.7. The molecule has 0 heterocycles. The summed E-state index contributed by atoms with van der Waals surface area (Å²) >= 11 is 0. The van der Waals surface area contributed by atoms with Crippen molar-refractivity contribution in [3.63, 3.8) is 0 Å². The van der Waals surface area contributed by atoms with Gasteiger partial charge in [-0.05, 0) is 51.4 Å². The van der Waals surface area contributed by atoms with E-state index in [1.807, 2.05) is 0 Å². The SMILES string of the molecule is CC(=O)[C@@H]1CCC2=C(CCCCCC2)[C@H]1C. The van der Waals surface area contributed by atoms with Gasteiger partial charge in [0.15, 0.2) is 0 Å². The molecule has 2 atom stereocenters. The number of carbonyl (C=O) groups is 1. The highest BCUT2D eigenvalue weighted by molar-refractivity contribution is 5.79. The van der Waals surface area contributed by atoms with Crippen LogP contribution in [0.2, 0.25) is 0 Å². The Hall–Kier alpha value is -0.590. The number of rotatable bonds is 1. The van der Waals surface area contributed by atoms with Crippen LogP contribution in [-0.2, 0) is 4.79 Å². The standard InChI is InChI=1S/C15H24O/c1-11-14(12(2)16)10-9-13-7-5-3-4-6-8-15(11)13/h11,14H,3-10H2,1-2H3/t11-,14+/m0/s1. The first-order valence-corrected chi connectivity index (χ1v) is 6.91. The van der Waals surface area contributed by atoms with Gasteiger partial charge in [0.1, 0.15) is 5.78 Å². The molecule has 0 aromatic heterocycles. The van der Waals surface area contributed by atoms with Gasteiger partial charge in [0, 0.05) is 5.92 Å². The second kappa shape index (κ2) is 5.16. The first kappa shape index (κ1) is 11.9. The third-order valence-electron chi connectivity index (χ3n) is 4.56. The molecule has 0 unspecified atom stereocenters. The Balaban J connectivity index is 2.19. The summed E-state index contributed by atoms with van der Waals surface area (Å²) in [7, 11) is 0. The van der Waals surface area contributed by atoms with Crippen LogP contribution in [0, 0.1) is 11.8 Å². The van der Waals surface area contributed by atoms with E-state index in [0.29, 0.717) is 17.6 Å². The summed E-state index contributed by atoms with van der Waals surface area (Å²) in [4.78, 5) is 11.6. The van der Waals surface area contributed by atoms with Crippen molar-refractivity contribution < 1.29 is 4.79 Å². The fraction of sp³-hybridized carbons (Fsp3) is 0.800. The third-order valence-corrected chi connectivity index (χ3v) is 4.56. The molecule has 0 amide bonds. The fourth-order valence-corrected chi connectivity index (χ4v) is 3.56. The van der Waals surface area contributed by atoms with E-state index in [1.165, 1.54) is 44.9 Å². The van der Waals surface area contributed by atoms with Crippen molar-refractivity contribution in [2.45, 2.75) is 65.2 Å². The molecule has 1 nitrogen and oxygen atoms in total. The molecule has 0 radical (unpaired) electrons. The maximum absolute atomic E-state index is 11.6. The summed E-state index contributed by atoms with van der Waals surface area (Å²) in [6, 6.07) is 0. The summed E-state index contributed by atoms with van der Waals surface area (Å²) in [5, 5.41) is 0. The molecule has 1 heteroatoms. The van der Waals surface area contributed by atoms with Crippen LogP contribution in [0.25, 0.3) is 0 Å². The molecular weight excluding hydrogens is 196 g/mol. The normalized spacial score (nSPS) is 31.6. The summed E-state index contributed by atoms with van der Waals surface area (Å²) in [6.07, 6.45) is 10.4. The monoisotopic (exact) mass is 220 g/mol.